The molecular formula is C31H35N3O. The van der Waals surface area contributed by atoms with Crippen molar-refractivity contribution in [2.24, 2.45) is 11.8 Å². The predicted molar refractivity (Wildman–Crippen MR) is 138 cm³/mol. The maximum absolute atomic E-state index is 10.3. The molecule has 4 nitrogen and oxygen atoms in total. The van der Waals surface area contributed by atoms with Gasteiger partial charge in [-0.3, -0.25) is 0 Å². The molecule has 0 unspecified atom stereocenters. The zero-order valence-corrected chi connectivity index (χ0v) is 20.7. The lowest BCUT2D eigenvalue weighted by Crippen LogP contribution is -2.43. The Bertz CT molecular complexity index is 1210. The normalized spacial score (nSPS) is 26.4. The Balaban J connectivity index is 1.41. The molecule has 3 saturated carbocycles. The van der Waals surface area contributed by atoms with Crippen LogP contribution in [0.2, 0.25) is 0 Å². The van der Waals surface area contributed by atoms with Crippen LogP contribution in [-0.2, 0) is 22.3 Å². The maximum Gasteiger partial charge on any atom is 0.141 e. The number of aromatic nitrogens is 2. The molecule has 0 radical (unpaired) electrons. The fourth-order valence-corrected chi connectivity index (χ4v) is 5.92. The number of nitriles is 1. The zero-order valence-electron chi connectivity index (χ0n) is 20.7. The second-order valence-corrected chi connectivity index (χ2v) is 11.1. The van der Waals surface area contributed by atoms with Crippen molar-refractivity contribution in [2.75, 3.05) is 6.61 Å². The molecule has 2 aromatic carbocycles. The monoisotopic (exact) mass is 465 g/mol. The van der Waals surface area contributed by atoms with Crippen molar-refractivity contribution in [2.45, 2.75) is 75.9 Å². The summed E-state index contributed by atoms with van der Waals surface area (Å²) in [4.78, 5) is 5.26. The Morgan fingerprint density at radius 2 is 1.54 bits per heavy atom. The van der Waals surface area contributed by atoms with E-state index in [2.05, 4.69) is 72.2 Å². The highest BCUT2D eigenvalue weighted by Gasteiger charge is 2.49. The Morgan fingerprint density at radius 3 is 2.14 bits per heavy atom. The topological polar surface area (TPSA) is 50.8 Å². The Labute approximate surface area is 209 Å². The van der Waals surface area contributed by atoms with E-state index in [0.717, 1.165) is 61.8 Å². The Morgan fingerprint density at radius 1 is 0.914 bits per heavy atom. The molecule has 0 N–H and O–H groups in total. The second-order valence-electron chi connectivity index (χ2n) is 11.1. The van der Waals surface area contributed by atoms with Crippen LogP contribution in [0.1, 0.15) is 68.4 Å². The summed E-state index contributed by atoms with van der Waals surface area (Å²) in [6, 6.07) is 23.8. The molecule has 3 fully saturated rings. The number of ether oxygens (including phenoxy) is 1. The van der Waals surface area contributed by atoms with E-state index < -0.39 is 11.0 Å². The van der Waals surface area contributed by atoms with Crippen molar-refractivity contribution in [3.63, 3.8) is 0 Å². The van der Waals surface area contributed by atoms with Crippen LogP contribution in [0.15, 0.2) is 60.7 Å². The highest BCUT2D eigenvalue weighted by atomic mass is 16.5. The first-order valence-electron chi connectivity index (χ1n) is 13.4. The molecular weight excluding hydrogens is 430 g/mol. The summed E-state index contributed by atoms with van der Waals surface area (Å²) >= 11 is 0. The van der Waals surface area contributed by atoms with Gasteiger partial charge in [0, 0.05) is 12.1 Å². The molecule has 0 amide bonds. The average Bonchev–Trinajstić information content (AvgIpc) is 3.84. The van der Waals surface area contributed by atoms with Gasteiger partial charge in [-0.2, -0.15) is 5.26 Å². The van der Waals surface area contributed by atoms with Gasteiger partial charge in [0.25, 0.3) is 0 Å². The summed E-state index contributed by atoms with van der Waals surface area (Å²) < 4.78 is 9.41. The van der Waals surface area contributed by atoms with Gasteiger partial charge in [0.1, 0.15) is 11.4 Å². The molecule has 180 valence electrons. The van der Waals surface area contributed by atoms with Crippen LogP contribution < -0.4 is 0 Å². The zero-order chi connectivity index (χ0) is 23.9. The highest BCUT2D eigenvalue weighted by molar-refractivity contribution is 5.63. The molecule has 0 bridgehead atoms. The molecule has 35 heavy (non-hydrogen) atoms. The summed E-state index contributed by atoms with van der Waals surface area (Å²) in [5, 5.41) is 10.3. The average molecular weight is 466 g/mol. The first-order chi connectivity index (χ1) is 17.1. The molecule has 1 heterocycles. The second kappa shape index (κ2) is 8.95. The molecule has 3 aliphatic rings. The van der Waals surface area contributed by atoms with Gasteiger partial charge in [0.15, 0.2) is 0 Å². The van der Waals surface area contributed by atoms with Gasteiger partial charge in [0.05, 0.1) is 29.5 Å². The van der Waals surface area contributed by atoms with E-state index in [0.29, 0.717) is 5.92 Å². The lowest BCUT2D eigenvalue weighted by atomic mass is 9.65. The van der Waals surface area contributed by atoms with Gasteiger partial charge < -0.3 is 9.30 Å². The maximum atomic E-state index is 10.3. The Hall–Kier alpha value is -2.90. The minimum Gasteiger partial charge on any atom is -0.367 e. The fourth-order valence-electron chi connectivity index (χ4n) is 5.92. The number of benzene rings is 2. The predicted octanol–water partition coefficient (Wildman–Crippen LogP) is 6.93. The molecule has 1 aromatic heterocycles. The Kier molecular flexibility index (Phi) is 5.77. The van der Waals surface area contributed by atoms with Crippen molar-refractivity contribution in [3.05, 3.63) is 77.7 Å². The number of imidazole rings is 1. The van der Waals surface area contributed by atoms with Gasteiger partial charge in [-0.1, -0.05) is 60.7 Å². The lowest BCUT2D eigenvalue weighted by molar-refractivity contribution is -0.0959. The third kappa shape index (κ3) is 4.32. The van der Waals surface area contributed by atoms with Crippen LogP contribution in [0.25, 0.3) is 11.3 Å². The molecule has 3 aromatic rings. The van der Waals surface area contributed by atoms with E-state index >= 15 is 0 Å². The van der Waals surface area contributed by atoms with Crippen molar-refractivity contribution in [1.82, 2.24) is 9.55 Å². The number of nitrogens with zero attached hydrogens (tertiary/aromatic N) is 3. The number of hydrogen-bond donors (Lipinski definition) is 0. The van der Waals surface area contributed by atoms with E-state index in [9.17, 15) is 5.26 Å². The largest absolute Gasteiger partial charge is 0.367 e. The van der Waals surface area contributed by atoms with Crippen LogP contribution in [-0.4, -0.2) is 16.2 Å². The number of rotatable bonds is 8. The van der Waals surface area contributed by atoms with Crippen LogP contribution in [0.5, 0.6) is 0 Å². The SMILES string of the molecule is Cc1nc(C2(OCC3CC3)CCC(C#N)(c3ccccc3)CC2)n(CC2CC2)c1-c1ccccc1. The minimum atomic E-state index is -0.446. The summed E-state index contributed by atoms with van der Waals surface area (Å²) in [6.07, 6.45) is 8.40. The van der Waals surface area contributed by atoms with Gasteiger partial charge in [-0.15, -0.1) is 0 Å². The van der Waals surface area contributed by atoms with Gasteiger partial charge in [-0.25, -0.2) is 4.98 Å². The van der Waals surface area contributed by atoms with Crippen molar-refractivity contribution in [1.29, 1.82) is 5.26 Å². The van der Waals surface area contributed by atoms with Crippen molar-refractivity contribution < 1.29 is 4.74 Å². The smallest absolute Gasteiger partial charge is 0.141 e. The number of aryl methyl sites for hydroxylation is 1. The lowest BCUT2D eigenvalue weighted by Gasteiger charge is -2.43. The summed E-state index contributed by atoms with van der Waals surface area (Å²) in [5.41, 5.74) is 3.82. The third-order valence-electron chi connectivity index (χ3n) is 8.48. The van der Waals surface area contributed by atoms with E-state index in [1.165, 1.54) is 36.9 Å². The van der Waals surface area contributed by atoms with Gasteiger partial charge in [-0.05, 0) is 75.7 Å². The molecule has 4 heteroatoms. The van der Waals surface area contributed by atoms with Crippen LogP contribution in [0.3, 0.4) is 0 Å². The van der Waals surface area contributed by atoms with Crippen molar-refractivity contribution in [3.8, 4) is 17.3 Å². The first kappa shape index (κ1) is 22.6. The molecule has 0 spiro atoms. The molecule has 6 rings (SSSR count). The molecule has 0 atom stereocenters. The van der Waals surface area contributed by atoms with Crippen LogP contribution in [0.4, 0.5) is 0 Å². The molecule has 0 saturated heterocycles. The van der Waals surface area contributed by atoms with E-state index in [1.807, 2.05) is 6.07 Å². The fraction of sp³-hybridized carbons (Fsp3) is 0.484. The van der Waals surface area contributed by atoms with Crippen LogP contribution >= 0.6 is 0 Å². The molecule has 0 aliphatic heterocycles. The van der Waals surface area contributed by atoms with Gasteiger partial charge in [0.2, 0.25) is 0 Å². The van der Waals surface area contributed by atoms with E-state index in [1.54, 1.807) is 0 Å². The van der Waals surface area contributed by atoms with Gasteiger partial charge >= 0.3 is 0 Å². The van der Waals surface area contributed by atoms with E-state index in [-0.39, 0.29) is 0 Å². The van der Waals surface area contributed by atoms with E-state index in [4.69, 9.17) is 9.72 Å². The minimum absolute atomic E-state index is 0.426. The summed E-state index contributed by atoms with van der Waals surface area (Å²) in [6.45, 7) is 3.97. The third-order valence-corrected chi connectivity index (χ3v) is 8.48. The summed E-state index contributed by atoms with van der Waals surface area (Å²) in [5.74, 6) is 2.52. The first-order valence-corrected chi connectivity index (χ1v) is 13.4. The quantitative estimate of drug-likeness (QED) is 0.362. The summed E-state index contributed by atoms with van der Waals surface area (Å²) in [7, 11) is 0. The van der Waals surface area contributed by atoms with Crippen LogP contribution in [0, 0.1) is 30.1 Å². The standard InChI is InChI=1S/C31H35N3O/c1-23-28(26-8-4-2-5-9-26)34(20-24-12-13-24)29(33-23)31(35-21-25-14-15-25)18-16-30(22-32,17-19-31)27-10-6-3-7-11-27/h2-11,24-25H,12-21H2,1H3. The highest BCUT2D eigenvalue weighted by Crippen LogP contribution is 2.50. The molecule has 3 aliphatic carbocycles. The number of hydrogen-bond acceptors (Lipinski definition) is 3. The van der Waals surface area contributed by atoms with Crippen molar-refractivity contribution >= 4 is 0 Å².